The van der Waals surface area contributed by atoms with Crippen molar-refractivity contribution in [1.82, 2.24) is 0 Å². The van der Waals surface area contributed by atoms with E-state index in [1.54, 1.807) is 48.5 Å². The van der Waals surface area contributed by atoms with Gasteiger partial charge >= 0.3 is 0 Å². The molecule has 1 heterocycles. The van der Waals surface area contributed by atoms with Crippen LogP contribution in [-0.2, 0) is 0 Å². The van der Waals surface area contributed by atoms with Crippen LogP contribution in [0.4, 0.5) is 0 Å². The van der Waals surface area contributed by atoms with Gasteiger partial charge < -0.3 is 50.4 Å². The normalized spacial score (nSPS) is 11.9. The van der Waals surface area contributed by atoms with Gasteiger partial charge in [-0.1, -0.05) is 78.9 Å². The molecule has 0 amide bonds. The van der Waals surface area contributed by atoms with E-state index in [-0.39, 0.29) is 38.2 Å². The Balaban J connectivity index is 1.48. The van der Waals surface area contributed by atoms with Crippen molar-refractivity contribution in [2.24, 2.45) is 0 Å². The third-order valence-corrected chi connectivity index (χ3v) is 10.5. The summed E-state index contributed by atoms with van der Waals surface area (Å²) in [6.45, 7) is 1.91. The maximum absolute atomic E-state index is 11.8. The van der Waals surface area contributed by atoms with Crippen LogP contribution in [0, 0.1) is 6.92 Å². The van der Waals surface area contributed by atoms with Gasteiger partial charge in [-0.25, -0.2) is 0 Å². The largest absolute Gasteiger partial charge is 0.516 e. The highest BCUT2D eigenvalue weighted by atomic mass is 16.4. The molecule has 0 aliphatic carbocycles. The number of para-hydroxylation sites is 1. The van der Waals surface area contributed by atoms with Gasteiger partial charge in [-0.05, 0) is 75.4 Å². The molecule has 9 aromatic rings. The summed E-state index contributed by atoms with van der Waals surface area (Å²) in [6.07, 6.45) is 2.55. The summed E-state index contributed by atoms with van der Waals surface area (Å²) in [4.78, 5) is 0. The van der Waals surface area contributed by atoms with Gasteiger partial charge in [0.25, 0.3) is 0 Å². The summed E-state index contributed by atoms with van der Waals surface area (Å²) >= 11 is 0. The lowest BCUT2D eigenvalue weighted by molar-refractivity contribution is 0.350. The number of aliphatic hydroxyl groups is 1. The second-order valence-corrected chi connectivity index (χ2v) is 13.4. The van der Waals surface area contributed by atoms with E-state index in [1.807, 2.05) is 61.5 Å². The van der Waals surface area contributed by atoms with Gasteiger partial charge in [0.05, 0.1) is 6.26 Å². The maximum Gasteiger partial charge on any atom is 0.204 e. The summed E-state index contributed by atoms with van der Waals surface area (Å²) in [6, 6.07) is 28.8. The molecule has 0 aliphatic rings. The van der Waals surface area contributed by atoms with Crippen LogP contribution in [-0.4, -0.2) is 46.0 Å². The van der Waals surface area contributed by atoms with Crippen LogP contribution in [0.25, 0.3) is 93.7 Å². The van der Waals surface area contributed by atoms with E-state index in [2.05, 4.69) is 0 Å². The fourth-order valence-electron chi connectivity index (χ4n) is 7.94. The van der Waals surface area contributed by atoms with Crippen molar-refractivity contribution in [3.05, 3.63) is 114 Å². The molecule has 0 atom stereocenters. The van der Waals surface area contributed by atoms with Gasteiger partial charge in [0.1, 0.15) is 11.2 Å². The van der Waals surface area contributed by atoms with Gasteiger partial charge in [0.2, 0.25) is 23.0 Å². The van der Waals surface area contributed by atoms with Crippen molar-refractivity contribution in [3.63, 3.8) is 0 Å². The van der Waals surface area contributed by atoms with E-state index in [1.165, 1.54) is 0 Å². The first-order chi connectivity index (χ1) is 26.5. The van der Waals surface area contributed by atoms with Gasteiger partial charge in [-0.2, -0.15) is 0 Å². The Morgan fingerprint density at radius 2 is 0.927 bits per heavy atom. The lowest BCUT2D eigenvalue weighted by Crippen LogP contribution is -1.95. The molecule has 10 nitrogen and oxygen atoms in total. The fourth-order valence-corrected chi connectivity index (χ4v) is 7.94. The number of benzene rings is 8. The first-order valence-corrected chi connectivity index (χ1v) is 17.1. The molecular weight excluding hydrogens is 700 g/mol. The van der Waals surface area contributed by atoms with Crippen molar-refractivity contribution in [3.8, 4) is 79.4 Å². The first kappa shape index (κ1) is 33.1. The molecule has 8 aromatic carbocycles. The smallest absolute Gasteiger partial charge is 0.204 e. The Hall–Kier alpha value is -7.72. The standard InChI is InChI=1S/C45H30O10/c1-20-18-22(11-10-21(20)16-17-46)24-13-14-28(26-7-3-2-6-25(24)26)33-36-34(38(47)42(51)44(53)40(36)49)32(35-37(33)41(50)45(54)43(52)39(35)48)23-12-15-31-29(19-23)27-8-4-5-9-30(27)55-31/h2-19,46-54H,1H3/b17-16-. The van der Waals surface area contributed by atoms with E-state index in [0.29, 0.717) is 32.9 Å². The molecule has 0 spiro atoms. The zero-order chi connectivity index (χ0) is 38.4. The molecular formula is C45H30O10. The number of phenolic OH excluding ortho intramolecular Hbond substituents is 8. The fraction of sp³-hybridized carbons (Fsp3) is 0.0222. The Kier molecular flexibility index (Phi) is 7.17. The molecule has 0 saturated heterocycles. The number of phenols is 8. The SMILES string of the molecule is Cc1cc(-c2ccc(-c3c4c(O)c(O)c(O)c(O)c4c(-c4ccc5oc6ccccc6c5c4)c4c(O)c(O)c(O)c(O)c34)c3ccccc23)ccc1/C=C\O. The van der Waals surface area contributed by atoms with Crippen molar-refractivity contribution < 1.29 is 50.4 Å². The van der Waals surface area contributed by atoms with Gasteiger partial charge in [-0.15, -0.1) is 0 Å². The first-order valence-electron chi connectivity index (χ1n) is 17.1. The minimum absolute atomic E-state index is 0.0443. The summed E-state index contributed by atoms with van der Waals surface area (Å²) < 4.78 is 6.02. The second-order valence-electron chi connectivity index (χ2n) is 13.4. The van der Waals surface area contributed by atoms with Crippen LogP contribution in [0.5, 0.6) is 46.0 Å². The highest BCUT2D eigenvalue weighted by Crippen LogP contribution is 2.62. The minimum atomic E-state index is -1.05. The number of fused-ring (bicyclic) bond motifs is 6. The zero-order valence-electron chi connectivity index (χ0n) is 28.8. The molecule has 1 aromatic heterocycles. The number of hydrogen-bond acceptors (Lipinski definition) is 10. The van der Waals surface area contributed by atoms with Gasteiger partial charge in [0.15, 0.2) is 23.0 Å². The Morgan fingerprint density at radius 1 is 0.436 bits per heavy atom. The van der Waals surface area contributed by atoms with Crippen molar-refractivity contribution in [2.45, 2.75) is 6.92 Å². The zero-order valence-corrected chi connectivity index (χ0v) is 28.8. The Bertz CT molecular complexity index is 3070. The average molecular weight is 731 g/mol. The third-order valence-electron chi connectivity index (χ3n) is 10.5. The van der Waals surface area contributed by atoms with E-state index >= 15 is 0 Å². The predicted octanol–water partition coefficient (Wildman–Crippen LogP) is 10.5. The highest BCUT2D eigenvalue weighted by molar-refractivity contribution is 6.31. The van der Waals surface area contributed by atoms with Crippen LogP contribution in [0.15, 0.2) is 108 Å². The third kappa shape index (κ3) is 4.61. The van der Waals surface area contributed by atoms with E-state index < -0.39 is 46.0 Å². The monoisotopic (exact) mass is 730 g/mol. The molecule has 55 heavy (non-hydrogen) atoms. The number of furan rings is 1. The van der Waals surface area contributed by atoms with Crippen molar-refractivity contribution >= 4 is 60.3 Å². The van der Waals surface area contributed by atoms with Crippen LogP contribution < -0.4 is 0 Å². The molecule has 0 fully saturated rings. The summed E-state index contributed by atoms with van der Waals surface area (Å²) in [7, 11) is 0. The maximum atomic E-state index is 11.8. The number of aryl methyl sites for hydroxylation is 1. The summed E-state index contributed by atoms with van der Waals surface area (Å²) in [5.74, 6) is -7.63. The average Bonchev–Trinajstić information content (AvgIpc) is 3.58. The van der Waals surface area contributed by atoms with E-state index in [0.717, 1.165) is 33.9 Å². The van der Waals surface area contributed by atoms with Gasteiger partial charge in [0, 0.05) is 43.4 Å². The van der Waals surface area contributed by atoms with E-state index in [4.69, 9.17) is 4.42 Å². The number of aromatic hydroxyl groups is 8. The Morgan fingerprint density at radius 3 is 1.51 bits per heavy atom. The molecule has 0 radical (unpaired) electrons. The quantitative estimate of drug-likeness (QED) is 0.0364. The van der Waals surface area contributed by atoms with Crippen molar-refractivity contribution in [2.75, 3.05) is 0 Å². The summed E-state index contributed by atoms with van der Waals surface area (Å²) in [5.41, 5.74) is 4.98. The topological polar surface area (TPSA) is 195 Å². The molecule has 0 saturated carbocycles. The van der Waals surface area contributed by atoms with Crippen LogP contribution in [0.1, 0.15) is 11.1 Å². The Labute approximate surface area is 310 Å². The lowest BCUT2D eigenvalue weighted by atomic mass is 9.81. The molecule has 9 rings (SSSR count). The van der Waals surface area contributed by atoms with Crippen LogP contribution in [0.3, 0.4) is 0 Å². The molecule has 9 N–H and O–H groups in total. The number of rotatable bonds is 4. The van der Waals surface area contributed by atoms with Crippen LogP contribution in [0.2, 0.25) is 0 Å². The molecule has 10 heteroatoms. The molecule has 0 unspecified atom stereocenters. The minimum Gasteiger partial charge on any atom is -0.516 e. The van der Waals surface area contributed by atoms with Crippen molar-refractivity contribution in [1.29, 1.82) is 0 Å². The van der Waals surface area contributed by atoms with Gasteiger partial charge in [-0.3, -0.25) is 0 Å². The second kappa shape index (κ2) is 11.9. The van der Waals surface area contributed by atoms with Crippen LogP contribution >= 0.6 is 0 Å². The molecule has 0 aliphatic heterocycles. The lowest BCUT2D eigenvalue weighted by Gasteiger charge is -2.23. The highest BCUT2D eigenvalue weighted by Gasteiger charge is 2.33. The predicted molar refractivity (Wildman–Crippen MR) is 212 cm³/mol. The molecule has 270 valence electrons. The van der Waals surface area contributed by atoms with E-state index in [9.17, 15) is 46.0 Å². The summed E-state index contributed by atoms with van der Waals surface area (Å²) in [5, 5.41) is 102. The number of hydrogen-bond donors (Lipinski definition) is 9. The molecule has 0 bridgehead atoms. The number of aliphatic hydroxyl groups excluding tert-OH is 1.